The van der Waals surface area contributed by atoms with E-state index in [4.69, 9.17) is 5.11 Å². The van der Waals surface area contributed by atoms with Crippen LogP contribution in [0.4, 0.5) is 0 Å². The molecule has 1 N–H and O–H groups in total. The molecule has 0 saturated heterocycles. The predicted octanol–water partition coefficient (Wildman–Crippen LogP) is 1.85. The van der Waals surface area contributed by atoms with Crippen molar-refractivity contribution in [2.45, 2.75) is 4.90 Å². The van der Waals surface area contributed by atoms with Crippen LogP contribution in [0, 0.1) is 0 Å². The Balaban J connectivity index is 2.65. The molecule has 0 unspecified atom stereocenters. The molecular weight excluding hydrogens is 266 g/mol. The first-order valence-electron chi connectivity index (χ1n) is 5.39. The summed E-state index contributed by atoms with van der Waals surface area (Å²) in [5, 5.41) is 9.07. The fourth-order valence-corrected chi connectivity index (χ4v) is 2.47. The lowest BCUT2D eigenvalue weighted by molar-refractivity contribution is 0.0686. The summed E-state index contributed by atoms with van der Waals surface area (Å²) in [5.74, 6) is -1.36. The SMILES string of the molecule is CS(=O)(=O)c1ccc(-c2ccccc2)nc1C(=O)O. The molecule has 1 aromatic carbocycles. The maximum Gasteiger partial charge on any atom is 0.355 e. The van der Waals surface area contributed by atoms with Gasteiger partial charge in [-0.3, -0.25) is 0 Å². The smallest absolute Gasteiger partial charge is 0.355 e. The Morgan fingerprint density at radius 1 is 1.11 bits per heavy atom. The number of carboxylic acid groups (broad SMARTS) is 1. The van der Waals surface area contributed by atoms with Crippen LogP contribution in [-0.4, -0.2) is 30.7 Å². The predicted molar refractivity (Wildman–Crippen MR) is 69.7 cm³/mol. The van der Waals surface area contributed by atoms with Gasteiger partial charge in [0.2, 0.25) is 0 Å². The minimum absolute atomic E-state index is 0.278. The van der Waals surface area contributed by atoms with Crippen LogP contribution in [0.25, 0.3) is 11.3 Å². The molecule has 0 fully saturated rings. The molecule has 0 atom stereocenters. The molecule has 0 aliphatic heterocycles. The number of pyridine rings is 1. The highest BCUT2D eigenvalue weighted by molar-refractivity contribution is 7.90. The van der Waals surface area contributed by atoms with Crippen molar-refractivity contribution in [2.75, 3.05) is 6.26 Å². The van der Waals surface area contributed by atoms with Crippen molar-refractivity contribution in [2.24, 2.45) is 0 Å². The molecule has 5 nitrogen and oxygen atoms in total. The number of rotatable bonds is 3. The Morgan fingerprint density at radius 2 is 1.74 bits per heavy atom. The van der Waals surface area contributed by atoms with E-state index in [9.17, 15) is 13.2 Å². The van der Waals surface area contributed by atoms with Crippen molar-refractivity contribution in [3.05, 3.63) is 48.2 Å². The molecule has 19 heavy (non-hydrogen) atoms. The quantitative estimate of drug-likeness (QED) is 0.925. The van der Waals surface area contributed by atoms with E-state index in [2.05, 4.69) is 4.98 Å². The number of benzene rings is 1. The van der Waals surface area contributed by atoms with Crippen molar-refractivity contribution < 1.29 is 18.3 Å². The van der Waals surface area contributed by atoms with Crippen LogP contribution in [-0.2, 0) is 9.84 Å². The first-order chi connectivity index (χ1) is 8.89. The number of aromatic nitrogens is 1. The summed E-state index contributed by atoms with van der Waals surface area (Å²) in [6.45, 7) is 0. The van der Waals surface area contributed by atoms with Gasteiger partial charge in [-0.1, -0.05) is 30.3 Å². The van der Waals surface area contributed by atoms with Gasteiger partial charge in [0, 0.05) is 11.8 Å². The van der Waals surface area contributed by atoms with Crippen LogP contribution in [0.1, 0.15) is 10.5 Å². The maximum atomic E-state index is 11.5. The monoisotopic (exact) mass is 277 g/mol. The molecule has 98 valence electrons. The standard InChI is InChI=1S/C13H11NO4S/c1-19(17,18)11-8-7-10(14-12(11)13(15)16)9-5-3-2-4-6-9/h2-8H,1H3,(H,15,16). The van der Waals surface area contributed by atoms with Crippen molar-refractivity contribution >= 4 is 15.8 Å². The number of hydrogen-bond donors (Lipinski definition) is 1. The summed E-state index contributed by atoms with van der Waals surface area (Å²) in [5.41, 5.74) is 0.694. The lowest BCUT2D eigenvalue weighted by Gasteiger charge is -2.06. The van der Waals surface area contributed by atoms with Crippen LogP contribution in [0.5, 0.6) is 0 Å². The van der Waals surface area contributed by atoms with Gasteiger partial charge in [0.05, 0.1) is 10.6 Å². The molecule has 6 heteroatoms. The molecule has 0 bridgehead atoms. The Labute approximate surface area is 110 Å². The molecular formula is C13H11NO4S. The molecule has 0 amide bonds. The molecule has 0 aliphatic rings. The van der Waals surface area contributed by atoms with Gasteiger partial charge in [0.25, 0.3) is 0 Å². The van der Waals surface area contributed by atoms with Gasteiger partial charge >= 0.3 is 5.97 Å². The van der Waals surface area contributed by atoms with Gasteiger partial charge in [-0.05, 0) is 12.1 Å². The highest BCUT2D eigenvalue weighted by Gasteiger charge is 2.20. The van der Waals surface area contributed by atoms with Crippen molar-refractivity contribution in [3.63, 3.8) is 0 Å². The molecule has 0 radical (unpaired) electrons. The molecule has 0 spiro atoms. The lowest BCUT2D eigenvalue weighted by atomic mass is 10.1. The van der Waals surface area contributed by atoms with Gasteiger partial charge < -0.3 is 5.11 Å². The summed E-state index contributed by atoms with van der Waals surface area (Å²) in [6, 6.07) is 11.7. The Morgan fingerprint density at radius 3 is 2.26 bits per heavy atom. The van der Waals surface area contributed by atoms with Gasteiger partial charge in [-0.2, -0.15) is 0 Å². The van der Waals surface area contributed by atoms with Crippen LogP contribution in [0.3, 0.4) is 0 Å². The second kappa shape index (κ2) is 4.81. The van der Waals surface area contributed by atoms with Gasteiger partial charge in [0.15, 0.2) is 15.5 Å². The summed E-state index contributed by atoms with van der Waals surface area (Å²) in [4.78, 5) is 14.8. The number of nitrogens with zero attached hydrogens (tertiary/aromatic N) is 1. The number of hydrogen-bond acceptors (Lipinski definition) is 4. The normalized spacial score (nSPS) is 11.2. The zero-order valence-electron chi connectivity index (χ0n) is 10.1. The number of carbonyl (C=O) groups is 1. The van der Waals surface area contributed by atoms with Crippen LogP contribution in [0.15, 0.2) is 47.4 Å². The molecule has 0 aliphatic carbocycles. The third kappa shape index (κ3) is 2.79. The van der Waals surface area contributed by atoms with Gasteiger partial charge in [0.1, 0.15) is 0 Å². The van der Waals surface area contributed by atoms with Gasteiger partial charge in [-0.25, -0.2) is 18.2 Å². The average molecular weight is 277 g/mol. The van der Waals surface area contributed by atoms with Crippen molar-refractivity contribution in [3.8, 4) is 11.3 Å². The summed E-state index contributed by atoms with van der Waals surface area (Å²) in [6.07, 6.45) is 0.957. The van der Waals surface area contributed by atoms with E-state index in [0.29, 0.717) is 5.69 Å². The Bertz CT molecular complexity index is 724. The second-order valence-electron chi connectivity index (χ2n) is 3.99. The van der Waals surface area contributed by atoms with Gasteiger partial charge in [-0.15, -0.1) is 0 Å². The van der Waals surface area contributed by atoms with E-state index in [0.717, 1.165) is 11.8 Å². The summed E-state index contributed by atoms with van der Waals surface area (Å²) < 4.78 is 23.0. The first kappa shape index (κ1) is 13.2. The van der Waals surface area contributed by atoms with Crippen LogP contribution < -0.4 is 0 Å². The number of carboxylic acids is 1. The molecule has 2 aromatic rings. The largest absolute Gasteiger partial charge is 0.476 e. The fourth-order valence-electron chi connectivity index (χ4n) is 1.67. The van der Waals surface area contributed by atoms with E-state index in [1.165, 1.54) is 12.1 Å². The highest BCUT2D eigenvalue weighted by atomic mass is 32.2. The fraction of sp³-hybridized carbons (Fsp3) is 0.0769. The zero-order valence-corrected chi connectivity index (χ0v) is 10.9. The van der Waals surface area contributed by atoms with E-state index < -0.39 is 21.5 Å². The zero-order chi connectivity index (χ0) is 14.0. The third-order valence-electron chi connectivity index (χ3n) is 2.53. The molecule has 2 rings (SSSR count). The summed E-state index contributed by atoms with van der Waals surface area (Å²) >= 11 is 0. The summed E-state index contributed by atoms with van der Waals surface area (Å²) in [7, 11) is -3.62. The number of aromatic carboxylic acids is 1. The minimum Gasteiger partial charge on any atom is -0.476 e. The van der Waals surface area contributed by atoms with E-state index in [1.807, 2.05) is 6.07 Å². The molecule has 1 heterocycles. The minimum atomic E-state index is -3.62. The molecule has 1 aromatic heterocycles. The Kier molecular flexibility index (Phi) is 3.35. The third-order valence-corrected chi connectivity index (χ3v) is 3.66. The second-order valence-corrected chi connectivity index (χ2v) is 5.97. The van der Waals surface area contributed by atoms with E-state index in [-0.39, 0.29) is 4.90 Å². The van der Waals surface area contributed by atoms with Crippen molar-refractivity contribution in [1.29, 1.82) is 0 Å². The molecule has 0 saturated carbocycles. The van der Waals surface area contributed by atoms with Crippen LogP contribution >= 0.6 is 0 Å². The lowest BCUT2D eigenvalue weighted by Crippen LogP contribution is -2.10. The van der Waals surface area contributed by atoms with E-state index in [1.54, 1.807) is 24.3 Å². The topological polar surface area (TPSA) is 84.3 Å². The highest BCUT2D eigenvalue weighted by Crippen LogP contribution is 2.21. The number of sulfone groups is 1. The van der Waals surface area contributed by atoms with E-state index >= 15 is 0 Å². The average Bonchev–Trinajstić information content (AvgIpc) is 2.38. The van der Waals surface area contributed by atoms with Crippen molar-refractivity contribution in [1.82, 2.24) is 4.98 Å². The Hall–Kier alpha value is -2.21. The maximum absolute atomic E-state index is 11.5. The first-order valence-corrected chi connectivity index (χ1v) is 7.28. The van der Waals surface area contributed by atoms with Crippen LogP contribution in [0.2, 0.25) is 0 Å².